The van der Waals surface area contributed by atoms with Crippen molar-refractivity contribution in [3.63, 3.8) is 0 Å². The molecule has 2 aromatic rings. The van der Waals surface area contributed by atoms with Gasteiger partial charge in [-0.15, -0.1) is 12.4 Å². The molecule has 0 bridgehead atoms. The van der Waals surface area contributed by atoms with Crippen molar-refractivity contribution in [1.29, 1.82) is 0 Å². The third-order valence-electron chi connectivity index (χ3n) is 4.68. The Kier molecular flexibility index (Phi) is 8.02. The van der Waals surface area contributed by atoms with Crippen LogP contribution in [-0.4, -0.2) is 56.3 Å². The molecule has 1 heterocycles. The van der Waals surface area contributed by atoms with Gasteiger partial charge >= 0.3 is 0 Å². The summed E-state index contributed by atoms with van der Waals surface area (Å²) in [5.41, 5.74) is 0.0501. The number of likely N-dealkylation sites (N-methyl/N-ethyl adjacent to an activating group) is 1. The number of hydrogen-bond donors (Lipinski definition) is 1. The summed E-state index contributed by atoms with van der Waals surface area (Å²) in [5.74, 6) is -1.54. The van der Waals surface area contributed by atoms with Crippen molar-refractivity contribution in [1.82, 2.24) is 9.21 Å². The van der Waals surface area contributed by atoms with Crippen molar-refractivity contribution < 1.29 is 17.6 Å². The van der Waals surface area contributed by atoms with E-state index in [2.05, 4.69) is 10.2 Å². The molecule has 0 spiro atoms. The molecule has 1 fully saturated rings. The van der Waals surface area contributed by atoms with Crippen LogP contribution in [0.25, 0.3) is 0 Å². The van der Waals surface area contributed by atoms with Crippen LogP contribution in [0.15, 0.2) is 47.4 Å². The van der Waals surface area contributed by atoms with Gasteiger partial charge in [0.25, 0.3) is 5.91 Å². The van der Waals surface area contributed by atoms with Crippen molar-refractivity contribution in [2.24, 2.45) is 0 Å². The maximum absolute atomic E-state index is 14.2. The van der Waals surface area contributed by atoms with Gasteiger partial charge in [-0.1, -0.05) is 24.6 Å². The van der Waals surface area contributed by atoms with Crippen LogP contribution in [0.1, 0.15) is 17.3 Å². The molecular formula is C19H22Cl2FN3O3S. The average Bonchev–Trinajstić information content (AvgIpc) is 2.68. The Morgan fingerprint density at radius 2 is 1.83 bits per heavy atom. The van der Waals surface area contributed by atoms with Gasteiger partial charge in [-0.3, -0.25) is 4.79 Å². The number of anilines is 1. The van der Waals surface area contributed by atoms with Crippen molar-refractivity contribution in [2.75, 3.05) is 38.0 Å². The van der Waals surface area contributed by atoms with E-state index in [0.29, 0.717) is 36.9 Å². The zero-order valence-corrected chi connectivity index (χ0v) is 18.2. The van der Waals surface area contributed by atoms with Crippen LogP contribution in [-0.2, 0) is 10.0 Å². The van der Waals surface area contributed by atoms with E-state index in [4.69, 9.17) is 11.6 Å². The summed E-state index contributed by atoms with van der Waals surface area (Å²) in [4.78, 5) is 14.5. The minimum absolute atomic E-state index is 0. The molecule has 0 atom stereocenters. The molecule has 10 heteroatoms. The summed E-state index contributed by atoms with van der Waals surface area (Å²) in [5, 5.41) is 2.95. The fourth-order valence-corrected chi connectivity index (χ4v) is 4.68. The lowest BCUT2D eigenvalue weighted by Crippen LogP contribution is -2.48. The van der Waals surface area contributed by atoms with Crippen molar-refractivity contribution in [3.8, 4) is 0 Å². The number of hydrogen-bond acceptors (Lipinski definition) is 4. The summed E-state index contributed by atoms with van der Waals surface area (Å²) < 4.78 is 41.4. The van der Waals surface area contributed by atoms with Crippen molar-refractivity contribution >= 4 is 45.6 Å². The summed E-state index contributed by atoms with van der Waals surface area (Å²) in [7, 11) is -3.81. The monoisotopic (exact) mass is 461 g/mol. The number of nitrogens with one attached hydrogen (secondary N) is 1. The van der Waals surface area contributed by atoms with Gasteiger partial charge in [-0.05, 0) is 42.9 Å². The zero-order valence-electron chi connectivity index (χ0n) is 15.8. The highest BCUT2D eigenvalue weighted by molar-refractivity contribution is 7.89. The lowest BCUT2D eigenvalue weighted by atomic mass is 10.2. The predicted molar refractivity (Wildman–Crippen MR) is 114 cm³/mol. The van der Waals surface area contributed by atoms with Gasteiger partial charge in [0.05, 0.1) is 10.5 Å². The van der Waals surface area contributed by atoms with Gasteiger partial charge in [0, 0.05) is 36.9 Å². The molecule has 3 rings (SSSR count). The van der Waals surface area contributed by atoms with Crippen LogP contribution in [0, 0.1) is 5.82 Å². The van der Waals surface area contributed by atoms with Crippen LogP contribution in [0.2, 0.25) is 5.02 Å². The Bertz CT molecular complexity index is 980. The van der Waals surface area contributed by atoms with E-state index < -0.39 is 21.7 Å². The topological polar surface area (TPSA) is 69.7 Å². The minimum atomic E-state index is -3.81. The van der Waals surface area contributed by atoms with Crippen LogP contribution < -0.4 is 5.32 Å². The molecule has 1 aliphatic heterocycles. The number of piperazine rings is 1. The predicted octanol–water partition coefficient (Wildman–Crippen LogP) is 3.48. The summed E-state index contributed by atoms with van der Waals surface area (Å²) in [6.07, 6.45) is 0. The number of carbonyl (C=O) groups excluding carboxylic acids is 1. The normalized spacial score (nSPS) is 15.6. The first-order valence-corrected chi connectivity index (χ1v) is 10.7. The average molecular weight is 462 g/mol. The molecule has 1 saturated heterocycles. The van der Waals surface area contributed by atoms with Gasteiger partial charge in [0.1, 0.15) is 5.82 Å². The van der Waals surface area contributed by atoms with E-state index in [9.17, 15) is 17.6 Å². The summed E-state index contributed by atoms with van der Waals surface area (Å²) in [6.45, 7) is 4.88. The smallest absolute Gasteiger partial charge is 0.258 e. The minimum Gasteiger partial charge on any atom is -0.322 e. The number of amides is 1. The zero-order chi connectivity index (χ0) is 20.3. The SMILES string of the molecule is CCN1CCN(S(=O)(=O)c2ccc(F)c(C(=O)Nc3cccc(Cl)c3)c2)CC1.Cl. The van der Waals surface area contributed by atoms with Gasteiger partial charge in [-0.25, -0.2) is 12.8 Å². The first kappa shape index (κ1) is 23.6. The van der Waals surface area contributed by atoms with E-state index >= 15 is 0 Å². The Hall–Kier alpha value is -1.71. The highest BCUT2D eigenvalue weighted by Crippen LogP contribution is 2.22. The second-order valence-corrected chi connectivity index (χ2v) is 8.82. The molecule has 0 radical (unpaired) electrons. The number of benzene rings is 2. The molecule has 0 unspecified atom stereocenters. The molecule has 158 valence electrons. The molecule has 29 heavy (non-hydrogen) atoms. The molecule has 1 N–H and O–H groups in total. The largest absolute Gasteiger partial charge is 0.322 e. The molecule has 2 aromatic carbocycles. The van der Waals surface area contributed by atoms with E-state index in [1.54, 1.807) is 18.2 Å². The second kappa shape index (κ2) is 9.86. The van der Waals surface area contributed by atoms with Crippen LogP contribution in [0.3, 0.4) is 0 Å². The number of sulfonamides is 1. The molecule has 6 nitrogen and oxygen atoms in total. The van der Waals surface area contributed by atoms with Crippen LogP contribution >= 0.6 is 24.0 Å². The number of halogens is 3. The van der Waals surface area contributed by atoms with Gasteiger partial charge in [0.2, 0.25) is 10.0 Å². The van der Waals surface area contributed by atoms with E-state index in [1.165, 1.54) is 16.4 Å². The van der Waals surface area contributed by atoms with Gasteiger partial charge < -0.3 is 10.2 Å². The van der Waals surface area contributed by atoms with Gasteiger partial charge in [-0.2, -0.15) is 4.31 Å². The number of nitrogens with zero attached hydrogens (tertiary/aromatic N) is 2. The maximum Gasteiger partial charge on any atom is 0.258 e. The van der Waals surface area contributed by atoms with Gasteiger partial charge in [0.15, 0.2) is 0 Å². The quantitative estimate of drug-likeness (QED) is 0.739. The lowest BCUT2D eigenvalue weighted by Gasteiger charge is -2.33. The fraction of sp³-hybridized carbons (Fsp3) is 0.316. The fourth-order valence-electron chi connectivity index (χ4n) is 3.04. The highest BCUT2D eigenvalue weighted by Gasteiger charge is 2.29. The first-order valence-electron chi connectivity index (χ1n) is 8.90. The van der Waals surface area contributed by atoms with E-state index in [-0.39, 0.29) is 22.9 Å². The van der Waals surface area contributed by atoms with Crippen LogP contribution in [0.5, 0.6) is 0 Å². The molecule has 1 aliphatic rings. The summed E-state index contributed by atoms with van der Waals surface area (Å²) >= 11 is 5.88. The summed E-state index contributed by atoms with van der Waals surface area (Å²) in [6, 6.07) is 9.68. The molecule has 1 amide bonds. The molecule has 0 aliphatic carbocycles. The number of carbonyl (C=O) groups is 1. The maximum atomic E-state index is 14.2. The van der Waals surface area contributed by atoms with Crippen molar-refractivity contribution in [3.05, 3.63) is 58.9 Å². The van der Waals surface area contributed by atoms with Crippen molar-refractivity contribution in [2.45, 2.75) is 11.8 Å². The Morgan fingerprint density at radius 1 is 1.14 bits per heavy atom. The third-order valence-corrected chi connectivity index (χ3v) is 6.81. The Morgan fingerprint density at radius 3 is 2.45 bits per heavy atom. The first-order chi connectivity index (χ1) is 13.3. The highest BCUT2D eigenvalue weighted by atomic mass is 35.5. The molecule has 0 saturated carbocycles. The second-order valence-electron chi connectivity index (χ2n) is 6.44. The Labute approximate surface area is 181 Å². The lowest BCUT2D eigenvalue weighted by molar-refractivity contribution is 0.102. The molecular weight excluding hydrogens is 440 g/mol. The molecule has 0 aromatic heterocycles. The standard InChI is InChI=1S/C19H21ClFN3O3S.ClH/c1-2-23-8-10-24(11-9-23)28(26,27)16-6-7-18(21)17(13-16)19(25)22-15-5-3-4-14(20)12-15;/h3-7,12-13H,2,8-11H2,1H3,(H,22,25);1H. The van der Waals surface area contributed by atoms with Crippen LogP contribution in [0.4, 0.5) is 10.1 Å². The van der Waals surface area contributed by atoms with E-state index in [1.807, 2.05) is 6.92 Å². The van der Waals surface area contributed by atoms with E-state index in [0.717, 1.165) is 18.7 Å². The Balaban J connectivity index is 0.00000300. The third kappa shape index (κ3) is 5.46. The number of rotatable bonds is 5.